The van der Waals surface area contributed by atoms with E-state index in [9.17, 15) is 18.4 Å². The molecule has 0 fully saturated rings. The minimum absolute atomic E-state index is 0.0652. The first-order valence-corrected chi connectivity index (χ1v) is 7.52. The predicted molar refractivity (Wildman–Crippen MR) is 83.2 cm³/mol. The highest BCUT2D eigenvalue weighted by Crippen LogP contribution is 2.21. The first kappa shape index (κ1) is 17.7. The molecular formula is C17H18F2N2O3. The molecule has 0 aliphatic carbocycles. The summed E-state index contributed by atoms with van der Waals surface area (Å²) in [5.74, 6) is -2.15. The van der Waals surface area contributed by atoms with Crippen molar-refractivity contribution in [1.29, 1.82) is 0 Å². The molecule has 1 heterocycles. The third-order valence-corrected chi connectivity index (χ3v) is 3.54. The van der Waals surface area contributed by atoms with Gasteiger partial charge in [0, 0.05) is 5.56 Å². The normalized spacial score (nSPS) is 13.2. The van der Waals surface area contributed by atoms with Crippen molar-refractivity contribution in [3.63, 3.8) is 0 Å². The number of amides is 2. The van der Waals surface area contributed by atoms with Crippen LogP contribution in [0.25, 0.3) is 0 Å². The van der Waals surface area contributed by atoms with Crippen LogP contribution in [0.5, 0.6) is 0 Å². The summed E-state index contributed by atoms with van der Waals surface area (Å²) in [7, 11) is 0. The van der Waals surface area contributed by atoms with E-state index in [0.29, 0.717) is 6.42 Å². The molecule has 2 aromatic rings. The van der Waals surface area contributed by atoms with E-state index in [2.05, 4.69) is 10.6 Å². The fourth-order valence-electron chi connectivity index (χ4n) is 2.22. The first-order chi connectivity index (χ1) is 11.4. The highest BCUT2D eigenvalue weighted by atomic mass is 19.1. The van der Waals surface area contributed by atoms with E-state index in [-0.39, 0.29) is 11.3 Å². The van der Waals surface area contributed by atoms with E-state index in [0.717, 1.165) is 18.2 Å². The summed E-state index contributed by atoms with van der Waals surface area (Å²) in [6, 6.07) is 4.54. The van der Waals surface area contributed by atoms with Gasteiger partial charge in [0.2, 0.25) is 5.91 Å². The van der Waals surface area contributed by atoms with Crippen molar-refractivity contribution in [3.05, 3.63) is 59.6 Å². The third-order valence-electron chi connectivity index (χ3n) is 3.54. The Labute approximate surface area is 138 Å². The molecule has 1 aromatic carbocycles. The highest BCUT2D eigenvalue weighted by molar-refractivity contribution is 5.95. The summed E-state index contributed by atoms with van der Waals surface area (Å²) in [5.41, 5.74) is 0.0652. The maximum Gasteiger partial charge on any atom is 0.287 e. The van der Waals surface area contributed by atoms with E-state index < -0.39 is 35.5 Å². The van der Waals surface area contributed by atoms with E-state index >= 15 is 0 Å². The maximum atomic E-state index is 13.9. The van der Waals surface area contributed by atoms with Gasteiger partial charge in [-0.1, -0.05) is 6.92 Å². The molecule has 0 saturated heterocycles. The SMILES string of the molecule is CC[C@@H](NC(=O)[C@H](C)NC(=O)c1ccco1)c1cc(F)ccc1F. The molecule has 2 rings (SSSR count). The van der Waals surface area contributed by atoms with Crippen molar-refractivity contribution in [1.82, 2.24) is 10.6 Å². The zero-order chi connectivity index (χ0) is 17.7. The van der Waals surface area contributed by atoms with Crippen molar-refractivity contribution in [2.75, 3.05) is 0 Å². The number of benzene rings is 1. The van der Waals surface area contributed by atoms with Gasteiger partial charge >= 0.3 is 0 Å². The van der Waals surface area contributed by atoms with Crippen LogP contribution in [0.4, 0.5) is 8.78 Å². The zero-order valence-electron chi connectivity index (χ0n) is 13.3. The topological polar surface area (TPSA) is 71.3 Å². The van der Waals surface area contributed by atoms with Crippen LogP contribution in [0.15, 0.2) is 41.0 Å². The second-order valence-electron chi connectivity index (χ2n) is 5.31. The average molecular weight is 336 g/mol. The molecule has 1 aromatic heterocycles. The van der Waals surface area contributed by atoms with Crippen LogP contribution < -0.4 is 10.6 Å². The van der Waals surface area contributed by atoms with Gasteiger partial charge in [-0.3, -0.25) is 9.59 Å². The molecule has 0 radical (unpaired) electrons. The molecule has 5 nitrogen and oxygen atoms in total. The van der Waals surface area contributed by atoms with Gasteiger partial charge in [-0.25, -0.2) is 8.78 Å². The number of hydrogen-bond donors (Lipinski definition) is 2. The molecule has 0 aliphatic heterocycles. The number of halogens is 2. The van der Waals surface area contributed by atoms with Gasteiger partial charge in [-0.15, -0.1) is 0 Å². The Hall–Kier alpha value is -2.70. The molecule has 0 aliphatic rings. The van der Waals surface area contributed by atoms with E-state index in [1.165, 1.54) is 19.3 Å². The predicted octanol–water partition coefficient (Wildman–Crippen LogP) is 2.94. The van der Waals surface area contributed by atoms with Gasteiger partial charge in [-0.2, -0.15) is 0 Å². The van der Waals surface area contributed by atoms with Gasteiger partial charge in [0.25, 0.3) is 5.91 Å². The van der Waals surface area contributed by atoms with Crippen LogP contribution >= 0.6 is 0 Å². The summed E-state index contributed by atoms with van der Waals surface area (Å²) >= 11 is 0. The van der Waals surface area contributed by atoms with Crippen molar-refractivity contribution in [2.45, 2.75) is 32.4 Å². The second kappa shape index (κ2) is 7.72. The molecule has 0 unspecified atom stereocenters. The molecular weight excluding hydrogens is 318 g/mol. The Bertz CT molecular complexity index is 717. The smallest absolute Gasteiger partial charge is 0.287 e. The molecule has 2 N–H and O–H groups in total. The molecule has 24 heavy (non-hydrogen) atoms. The van der Waals surface area contributed by atoms with Crippen molar-refractivity contribution in [2.24, 2.45) is 0 Å². The lowest BCUT2D eigenvalue weighted by Gasteiger charge is -2.21. The van der Waals surface area contributed by atoms with Gasteiger partial charge in [0.05, 0.1) is 12.3 Å². The number of rotatable bonds is 6. The average Bonchev–Trinajstić information content (AvgIpc) is 3.09. The summed E-state index contributed by atoms with van der Waals surface area (Å²) in [4.78, 5) is 24.1. The number of hydrogen-bond acceptors (Lipinski definition) is 3. The Morgan fingerprint density at radius 3 is 2.58 bits per heavy atom. The van der Waals surface area contributed by atoms with E-state index in [1.54, 1.807) is 13.0 Å². The van der Waals surface area contributed by atoms with Gasteiger partial charge < -0.3 is 15.1 Å². The number of nitrogens with one attached hydrogen (secondary N) is 2. The van der Waals surface area contributed by atoms with Crippen molar-refractivity contribution < 1.29 is 22.8 Å². The second-order valence-corrected chi connectivity index (χ2v) is 5.31. The molecule has 7 heteroatoms. The summed E-state index contributed by atoms with van der Waals surface area (Å²) in [6.45, 7) is 3.23. The molecule has 0 saturated carbocycles. The summed E-state index contributed by atoms with van der Waals surface area (Å²) in [6.07, 6.45) is 1.71. The first-order valence-electron chi connectivity index (χ1n) is 7.52. The van der Waals surface area contributed by atoms with Crippen LogP contribution in [0.1, 0.15) is 42.4 Å². The van der Waals surface area contributed by atoms with Crippen LogP contribution in [0.3, 0.4) is 0 Å². The van der Waals surface area contributed by atoms with Gasteiger partial charge in [-0.05, 0) is 43.7 Å². The van der Waals surface area contributed by atoms with Crippen molar-refractivity contribution >= 4 is 11.8 Å². The minimum atomic E-state index is -0.867. The molecule has 0 bridgehead atoms. The van der Waals surface area contributed by atoms with Crippen LogP contribution in [0.2, 0.25) is 0 Å². The third kappa shape index (κ3) is 4.18. The van der Waals surface area contributed by atoms with E-state index in [4.69, 9.17) is 4.42 Å². The fraction of sp³-hybridized carbons (Fsp3) is 0.294. The fourth-order valence-corrected chi connectivity index (χ4v) is 2.22. The van der Waals surface area contributed by atoms with E-state index in [1.807, 2.05) is 0 Å². The minimum Gasteiger partial charge on any atom is -0.459 e. The quantitative estimate of drug-likeness (QED) is 0.852. The molecule has 2 amide bonds. The maximum absolute atomic E-state index is 13.9. The lowest BCUT2D eigenvalue weighted by molar-refractivity contribution is -0.123. The van der Waals surface area contributed by atoms with Gasteiger partial charge in [0.1, 0.15) is 17.7 Å². The lowest BCUT2D eigenvalue weighted by Crippen LogP contribution is -2.45. The highest BCUT2D eigenvalue weighted by Gasteiger charge is 2.22. The molecule has 2 atom stereocenters. The summed E-state index contributed by atoms with van der Waals surface area (Å²) in [5, 5.41) is 5.09. The number of furan rings is 1. The number of carbonyl (C=O) groups is 2. The van der Waals surface area contributed by atoms with Crippen LogP contribution in [-0.2, 0) is 4.79 Å². The molecule has 128 valence electrons. The Morgan fingerprint density at radius 2 is 1.96 bits per heavy atom. The van der Waals surface area contributed by atoms with Crippen molar-refractivity contribution in [3.8, 4) is 0 Å². The lowest BCUT2D eigenvalue weighted by atomic mass is 10.0. The molecule has 0 spiro atoms. The largest absolute Gasteiger partial charge is 0.459 e. The monoisotopic (exact) mass is 336 g/mol. The number of carbonyl (C=O) groups excluding carboxylic acids is 2. The van der Waals surface area contributed by atoms with Crippen LogP contribution in [0, 0.1) is 11.6 Å². The standard InChI is InChI=1S/C17H18F2N2O3/c1-3-14(12-9-11(18)6-7-13(12)19)21-16(22)10(2)20-17(23)15-5-4-8-24-15/h4-10,14H,3H2,1-2H3,(H,20,23)(H,21,22)/t10-,14+/m0/s1. The Kier molecular flexibility index (Phi) is 5.68. The Morgan fingerprint density at radius 1 is 1.21 bits per heavy atom. The van der Waals surface area contributed by atoms with Crippen LogP contribution in [-0.4, -0.2) is 17.9 Å². The van der Waals surface area contributed by atoms with Gasteiger partial charge in [0.15, 0.2) is 5.76 Å². The Balaban J connectivity index is 2.03. The zero-order valence-corrected chi connectivity index (χ0v) is 13.3. The summed E-state index contributed by atoms with van der Waals surface area (Å²) < 4.78 is 32.1.